The number of aromatic nitrogens is 2. The predicted octanol–water partition coefficient (Wildman–Crippen LogP) is 3.95. The van der Waals surface area contributed by atoms with Crippen LogP contribution in [-0.4, -0.2) is 34.3 Å². The zero-order valence-corrected chi connectivity index (χ0v) is 17.6. The third-order valence-corrected chi connectivity index (χ3v) is 7.44. The van der Waals surface area contributed by atoms with Crippen LogP contribution >= 0.6 is 11.3 Å². The van der Waals surface area contributed by atoms with E-state index in [1.165, 1.54) is 5.56 Å². The van der Waals surface area contributed by atoms with E-state index < -0.39 is 11.6 Å². The van der Waals surface area contributed by atoms with E-state index >= 15 is 0 Å². The van der Waals surface area contributed by atoms with Gasteiger partial charge in [-0.1, -0.05) is 24.3 Å². The summed E-state index contributed by atoms with van der Waals surface area (Å²) in [5, 5.41) is 19.3. The fourth-order valence-electron chi connectivity index (χ4n) is 5.46. The predicted molar refractivity (Wildman–Crippen MR) is 117 cm³/mol. The van der Waals surface area contributed by atoms with Gasteiger partial charge < -0.3 is 15.7 Å². The van der Waals surface area contributed by atoms with Crippen molar-refractivity contribution in [2.75, 3.05) is 13.1 Å². The van der Waals surface area contributed by atoms with Crippen LogP contribution in [-0.2, 0) is 12.0 Å². The van der Waals surface area contributed by atoms with Crippen LogP contribution in [0.4, 0.5) is 4.79 Å². The first kappa shape index (κ1) is 19.2. The van der Waals surface area contributed by atoms with Gasteiger partial charge in [-0.05, 0) is 62.5 Å². The third kappa shape index (κ3) is 2.84. The lowest BCUT2D eigenvalue weighted by molar-refractivity contribution is 0.0823. The minimum Gasteiger partial charge on any atom is -0.465 e. The summed E-state index contributed by atoms with van der Waals surface area (Å²) in [6.07, 6.45) is 3.37. The fraction of sp³-hybridized carbons (Fsp3) is 0.348. The number of fused-ring (bicyclic) bond motifs is 1. The molecular formula is C23H24N4O2S. The molecule has 1 aliphatic heterocycles. The number of aryl methyl sites for hydroxylation is 1. The SMILES string of the molecule is Cc1cc(-c2nccs2)cc(C2(NC(=O)O)c3ccccc3CC23CCNCC3)n1. The van der Waals surface area contributed by atoms with E-state index in [4.69, 9.17) is 4.98 Å². The molecule has 1 aliphatic carbocycles. The molecule has 2 aliphatic rings. The molecule has 30 heavy (non-hydrogen) atoms. The topological polar surface area (TPSA) is 87.1 Å². The van der Waals surface area contributed by atoms with E-state index in [9.17, 15) is 9.90 Å². The summed E-state index contributed by atoms with van der Waals surface area (Å²) >= 11 is 1.58. The van der Waals surface area contributed by atoms with Crippen molar-refractivity contribution in [2.24, 2.45) is 5.41 Å². The first-order chi connectivity index (χ1) is 14.5. The highest BCUT2D eigenvalue weighted by Crippen LogP contribution is 2.58. The summed E-state index contributed by atoms with van der Waals surface area (Å²) < 4.78 is 0. The van der Waals surface area contributed by atoms with Crippen molar-refractivity contribution in [2.45, 2.75) is 31.7 Å². The second kappa shape index (κ2) is 7.18. The van der Waals surface area contributed by atoms with Crippen LogP contribution in [0, 0.1) is 12.3 Å². The Labute approximate surface area is 179 Å². The first-order valence-electron chi connectivity index (χ1n) is 10.2. The minimum absolute atomic E-state index is 0.263. The molecule has 0 radical (unpaired) electrons. The molecule has 1 amide bonds. The molecule has 3 N–H and O–H groups in total. The molecule has 3 heterocycles. The van der Waals surface area contributed by atoms with E-state index in [1.54, 1.807) is 17.5 Å². The second-order valence-corrected chi connectivity index (χ2v) is 9.16. The molecule has 3 aromatic rings. The summed E-state index contributed by atoms with van der Waals surface area (Å²) in [6, 6.07) is 12.3. The third-order valence-electron chi connectivity index (χ3n) is 6.62. The highest BCUT2D eigenvalue weighted by atomic mass is 32.1. The summed E-state index contributed by atoms with van der Waals surface area (Å²) in [6.45, 7) is 3.69. The summed E-state index contributed by atoms with van der Waals surface area (Å²) in [5.74, 6) is 0. The Bertz CT molecular complexity index is 1090. The smallest absolute Gasteiger partial charge is 0.405 e. The largest absolute Gasteiger partial charge is 0.465 e. The zero-order chi connectivity index (χ0) is 20.8. The van der Waals surface area contributed by atoms with E-state index in [1.807, 2.05) is 36.6 Å². The number of hydrogen-bond donors (Lipinski definition) is 3. The number of carbonyl (C=O) groups is 1. The highest BCUT2D eigenvalue weighted by Gasteiger charge is 2.60. The lowest BCUT2D eigenvalue weighted by Gasteiger charge is -2.48. The number of nitrogens with one attached hydrogen (secondary N) is 2. The van der Waals surface area contributed by atoms with Crippen LogP contribution in [0.5, 0.6) is 0 Å². The Balaban J connectivity index is 1.80. The van der Waals surface area contributed by atoms with Crippen molar-refractivity contribution < 1.29 is 9.90 Å². The molecule has 7 heteroatoms. The van der Waals surface area contributed by atoms with Gasteiger partial charge in [-0.2, -0.15) is 0 Å². The number of nitrogens with zero attached hydrogens (tertiary/aromatic N) is 2. The maximum absolute atomic E-state index is 12.2. The van der Waals surface area contributed by atoms with Gasteiger partial charge >= 0.3 is 6.09 Å². The van der Waals surface area contributed by atoms with Crippen LogP contribution in [0.1, 0.15) is 35.4 Å². The molecule has 1 fully saturated rings. The Morgan fingerprint density at radius 1 is 1.23 bits per heavy atom. The molecule has 5 rings (SSSR count). The quantitative estimate of drug-likeness (QED) is 0.597. The number of piperidine rings is 1. The van der Waals surface area contributed by atoms with Gasteiger partial charge in [0, 0.05) is 28.2 Å². The molecule has 1 saturated heterocycles. The number of hydrogen-bond acceptors (Lipinski definition) is 5. The minimum atomic E-state index is -1.02. The standard InChI is InChI=1S/C23H24N4O2S/c1-15-12-17(20-25-10-11-30-20)13-19(26-15)23(27-21(28)29)18-5-3-2-4-16(18)14-22(23)6-8-24-9-7-22/h2-5,10-13,24,27H,6-9,14H2,1H3,(H,28,29). The van der Waals surface area contributed by atoms with Crippen LogP contribution in [0.3, 0.4) is 0 Å². The number of amides is 1. The van der Waals surface area contributed by atoms with Gasteiger partial charge in [-0.15, -0.1) is 11.3 Å². The normalized spacial score (nSPS) is 22.0. The summed E-state index contributed by atoms with van der Waals surface area (Å²) in [7, 11) is 0. The van der Waals surface area contributed by atoms with Gasteiger partial charge in [0.25, 0.3) is 0 Å². The first-order valence-corrected chi connectivity index (χ1v) is 11.1. The number of pyridine rings is 1. The molecule has 0 bridgehead atoms. The molecule has 1 unspecified atom stereocenters. The molecule has 1 aromatic carbocycles. The summed E-state index contributed by atoms with van der Waals surface area (Å²) in [5.41, 5.74) is 3.67. The van der Waals surface area contributed by atoms with Crippen molar-refractivity contribution >= 4 is 17.4 Å². The number of benzene rings is 1. The van der Waals surface area contributed by atoms with Crippen molar-refractivity contribution in [3.8, 4) is 10.6 Å². The molecule has 0 saturated carbocycles. The van der Waals surface area contributed by atoms with Crippen LogP contribution in [0.15, 0.2) is 48.0 Å². The number of rotatable bonds is 3. The molecular weight excluding hydrogens is 396 g/mol. The molecule has 154 valence electrons. The Hall–Kier alpha value is -2.77. The highest BCUT2D eigenvalue weighted by molar-refractivity contribution is 7.13. The van der Waals surface area contributed by atoms with Crippen molar-refractivity contribution in [1.29, 1.82) is 0 Å². The van der Waals surface area contributed by atoms with E-state index in [0.29, 0.717) is 0 Å². The van der Waals surface area contributed by atoms with Crippen LogP contribution in [0.2, 0.25) is 0 Å². The van der Waals surface area contributed by atoms with Crippen LogP contribution < -0.4 is 10.6 Å². The van der Waals surface area contributed by atoms with Gasteiger partial charge in [0.15, 0.2) is 0 Å². The lowest BCUT2D eigenvalue weighted by Crippen LogP contribution is -2.59. The van der Waals surface area contributed by atoms with Crippen molar-refractivity contribution in [3.05, 3.63) is 70.5 Å². The maximum Gasteiger partial charge on any atom is 0.405 e. The second-order valence-electron chi connectivity index (χ2n) is 8.26. The molecule has 2 aromatic heterocycles. The maximum atomic E-state index is 12.2. The lowest BCUT2D eigenvalue weighted by atomic mass is 9.62. The Morgan fingerprint density at radius 3 is 2.77 bits per heavy atom. The van der Waals surface area contributed by atoms with Gasteiger partial charge in [0.2, 0.25) is 0 Å². The van der Waals surface area contributed by atoms with E-state index in [-0.39, 0.29) is 5.41 Å². The van der Waals surface area contributed by atoms with Crippen molar-refractivity contribution in [3.63, 3.8) is 0 Å². The summed E-state index contributed by atoms with van der Waals surface area (Å²) in [4.78, 5) is 21.6. The van der Waals surface area contributed by atoms with Gasteiger partial charge in [-0.3, -0.25) is 4.98 Å². The molecule has 6 nitrogen and oxygen atoms in total. The Kier molecular flexibility index (Phi) is 4.60. The molecule has 1 atom stereocenters. The molecule has 1 spiro atoms. The Morgan fingerprint density at radius 2 is 2.03 bits per heavy atom. The fourth-order valence-corrected chi connectivity index (χ4v) is 6.09. The van der Waals surface area contributed by atoms with Gasteiger partial charge in [0.1, 0.15) is 10.5 Å². The average Bonchev–Trinajstić information content (AvgIpc) is 3.35. The van der Waals surface area contributed by atoms with E-state index in [0.717, 1.165) is 59.9 Å². The average molecular weight is 421 g/mol. The number of carboxylic acid groups (broad SMARTS) is 1. The monoisotopic (exact) mass is 420 g/mol. The number of thiazole rings is 1. The zero-order valence-electron chi connectivity index (χ0n) is 16.8. The van der Waals surface area contributed by atoms with Gasteiger partial charge in [-0.25, -0.2) is 9.78 Å². The van der Waals surface area contributed by atoms with Crippen LogP contribution in [0.25, 0.3) is 10.6 Å². The van der Waals surface area contributed by atoms with Gasteiger partial charge in [0.05, 0.1) is 5.69 Å². The van der Waals surface area contributed by atoms with Crippen molar-refractivity contribution in [1.82, 2.24) is 20.6 Å². The van der Waals surface area contributed by atoms with E-state index in [2.05, 4.69) is 27.8 Å².